The Kier molecular flexibility index (Phi) is 5.92. The topological polar surface area (TPSA) is 52.7 Å². The minimum atomic E-state index is -0.0444. The Balaban J connectivity index is 1.77. The van der Waals surface area contributed by atoms with Crippen molar-refractivity contribution < 1.29 is 9.59 Å². The number of urea groups is 1. The van der Waals surface area contributed by atoms with Gasteiger partial charge in [-0.2, -0.15) is 0 Å². The molecule has 0 unspecified atom stereocenters. The van der Waals surface area contributed by atoms with Gasteiger partial charge in [0.2, 0.25) is 5.91 Å². The average Bonchev–Trinajstić information content (AvgIpc) is 2.89. The van der Waals surface area contributed by atoms with Gasteiger partial charge >= 0.3 is 6.03 Å². The maximum absolute atomic E-state index is 12.3. The van der Waals surface area contributed by atoms with Crippen LogP contribution in [0.1, 0.15) is 25.6 Å². The monoisotopic (exact) mass is 357 g/mol. The van der Waals surface area contributed by atoms with Gasteiger partial charge < -0.3 is 15.1 Å². The minimum Gasteiger partial charge on any atom is -0.339 e. The molecule has 1 aliphatic rings. The van der Waals surface area contributed by atoms with E-state index in [1.165, 1.54) is 11.3 Å². The first kappa shape index (κ1) is 18.1. The van der Waals surface area contributed by atoms with Crippen LogP contribution in [0.4, 0.5) is 4.79 Å². The van der Waals surface area contributed by atoms with Crippen LogP contribution in [0.25, 0.3) is 0 Å². The van der Waals surface area contributed by atoms with Crippen molar-refractivity contribution in [3.8, 4) is 0 Å². The van der Waals surface area contributed by atoms with Gasteiger partial charge in [-0.25, -0.2) is 4.79 Å². The Morgan fingerprint density at radius 3 is 2.30 bits per heavy atom. The highest BCUT2D eigenvalue weighted by Gasteiger charge is 2.25. The van der Waals surface area contributed by atoms with E-state index in [0.29, 0.717) is 43.5 Å². The molecule has 1 fully saturated rings. The predicted molar refractivity (Wildman–Crippen MR) is 94.0 cm³/mol. The van der Waals surface area contributed by atoms with Crippen molar-refractivity contribution >= 4 is 34.9 Å². The summed E-state index contributed by atoms with van der Waals surface area (Å²) >= 11 is 7.33. The van der Waals surface area contributed by atoms with E-state index in [-0.39, 0.29) is 17.4 Å². The van der Waals surface area contributed by atoms with Crippen LogP contribution >= 0.6 is 22.9 Å². The van der Waals surface area contributed by atoms with Crippen molar-refractivity contribution in [1.29, 1.82) is 0 Å². The SMILES string of the molecule is CC(C)(C)CNC(=O)N1CCN(C(=O)Cc2ccc(Cl)s2)CC1. The molecule has 0 bridgehead atoms. The Hall–Kier alpha value is -1.27. The van der Waals surface area contributed by atoms with Gasteiger partial charge in [0.1, 0.15) is 0 Å². The van der Waals surface area contributed by atoms with E-state index in [1.807, 2.05) is 17.0 Å². The van der Waals surface area contributed by atoms with Crippen molar-refractivity contribution in [1.82, 2.24) is 15.1 Å². The first-order chi connectivity index (χ1) is 10.7. The number of carbonyl (C=O) groups excluding carboxylic acids is 2. The number of halogens is 1. The first-order valence-corrected chi connectivity index (χ1v) is 8.99. The largest absolute Gasteiger partial charge is 0.339 e. The van der Waals surface area contributed by atoms with Crippen LogP contribution in [0.2, 0.25) is 4.34 Å². The van der Waals surface area contributed by atoms with E-state index in [4.69, 9.17) is 11.6 Å². The molecule has 0 saturated carbocycles. The minimum absolute atomic E-state index is 0.0444. The van der Waals surface area contributed by atoms with E-state index < -0.39 is 0 Å². The molecule has 2 rings (SSSR count). The predicted octanol–water partition coefficient (Wildman–Crippen LogP) is 2.84. The highest BCUT2D eigenvalue weighted by molar-refractivity contribution is 7.16. The zero-order chi connectivity index (χ0) is 17.0. The number of amides is 3. The Bertz CT molecular complexity index is 560. The number of nitrogens with zero attached hydrogens (tertiary/aromatic N) is 2. The van der Waals surface area contributed by atoms with Crippen LogP contribution in [-0.4, -0.2) is 54.5 Å². The van der Waals surface area contributed by atoms with Gasteiger partial charge in [0.15, 0.2) is 0 Å². The van der Waals surface area contributed by atoms with Crippen molar-refractivity contribution in [3.05, 3.63) is 21.3 Å². The summed E-state index contributed by atoms with van der Waals surface area (Å²) < 4.78 is 0.702. The molecule has 5 nitrogen and oxygen atoms in total. The summed E-state index contributed by atoms with van der Waals surface area (Å²) in [5, 5.41) is 2.95. The van der Waals surface area contributed by atoms with Gasteiger partial charge in [-0.1, -0.05) is 32.4 Å². The maximum Gasteiger partial charge on any atom is 0.317 e. The average molecular weight is 358 g/mol. The van der Waals surface area contributed by atoms with E-state index in [2.05, 4.69) is 26.1 Å². The maximum atomic E-state index is 12.3. The summed E-state index contributed by atoms with van der Waals surface area (Å²) in [6, 6.07) is 3.66. The fraction of sp³-hybridized carbons (Fsp3) is 0.625. The van der Waals surface area contributed by atoms with Crippen molar-refractivity contribution in [2.24, 2.45) is 5.41 Å². The number of hydrogen-bond donors (Lipinski definition) is 1. The lowest BCUT2D eigenvalue weighted by Crippen LogP contribution is -2.54. The van der Waals surface area contributed by atoms with Crippen molar-refractivity contribution in [2.75, 3.05) is 32.7 Å². The standard InChI is InChI=1S/C16H24ClN3O2S/c1-16(2,3)11-18-15(22)20-8-6-19(7-9-20)14(21)10-12-4-5-13(17)23-12/h4-5H,6-11H2,1-3H3,(H,18,22). The molecular weight excluding hydrogens is 334 g/mol. The molecule has 0 radical (unpaired) electrons. The second-order valence-electron chi connectivity index (χ2n) is 6.97. The molecular formula is C16H24ClN3O2S. The molecule has 2 heterocycles. The van der Waals surface area contributed by atoms with Gasteiger partial charge in [-0.15, -0.1) is 11.3 Å². The molecule has 1 aromatic heterocycles. The van der Waals surface area contributed by atoms with Crippen molar-refractivity contribution in [2.45, 2.75) is 27.2 Å². The van der Waals surface area contributed by atoms with Gasteiger partial charge in [-0.3, -0.25) is 4.79 Å². The van der Waals surface area contributed by atoms with Gasteiger partial charge in [0.05, 0.1) is 10.8 Å². The lowest BCUT2D eigenvalue weighted by Gasteiger charge is -2.35. The third kappa shape index (κ3) is 5.70. The smallest absolute Gasteiger partial charge is 0.317 e. The first-order valence-electron chi connectivity index (χ1n) is 7.79. The summed E-state index contributed by atoms with van der Waals surface area (Å²) in [7, 11) is 0. The molecule has 1 N–H and O–H groups in total. The van der Waals surface area contributed by atoms with E-state index in [0.717, 1.165) is 4.88 Å². The van der Waals surface area contributed by atoms with Gasteiger partial charge in [0.25, 0.3) is 0 Å². The number of rotatable bonds is 3. The Morgan fingerprint density at radius 2 is 1.78 bits per heavy atom. The van der Waals surface area contributed by atoms with Crippen LogP contribution in [0.3, 0.4) is 0 Å². The third-order valence-corrected chi connectivity index (χ3v) is 4.87. The quantitative estimate of drug-likeness (QED) is 0.904. The molecule has 3 amide bonds. The summed E-state index contributed by atoms with van der Waals surface area (Å²) in [6.45, 7) is 9.22. The fourth-order valence-corrected chi connectivity index (χ4v) is 3.40. The van der Waals surface area contributed by atoms with Gasteiger partial charge in [-0.05, 0) is 17.5 Å². The number of nitrogens with one attached hydrogen (secondary N) is 1. The number of thiophene rings is 1. The molecule has 1 aliphatic heterocycles. The number of carbonyl (C=O) groups is 2. The van der Waals surface area contributed by atoms with Gasteiger partial charge in [0, 0.05) is 37.6 Å². The highest BCUT2D eigenvalue weighted by atomic mass is 35.5. The normalized spacial score (nSPS) is 15.7. The fourth-order valence-electron chi connectivity index (χ4n) is 2.32. The second kappa shape index (κ2) is 7.53. The summed E-state index contributed by atoms with van der Waals surface area (Å²) in [5.41, 5.74) is 0.0649. The van der Waals surface area contributed by atoms with Crippen LogP contribution < -0.4 is 5.32 Å². The van der Waals surface area contributed by atoms with Crippen molar-refractivity contribution in [3.63, 3.8) is 0 Å². The van der Waals surface area contributed by atoms with E-state index in [1.54, 1.807) is 4.90 Å². The summed E-state index contributed by atoms with van der Waals surface area (Å²) in [5.74, 6) is 0.0956. The highest BCUT2D eigenvalue weighted by Crippen LogP contribution is 2.22. The second-order valence-corrected chi connectivity index (χ2v) is 8.77. The lowest BCUT2D eigenvalue weighted by molar-refractivity contribution is -0.131. The molecule has 1 saturated heterocycles. The van der Waals surface area contributed by atoms with E-state index in [9.17, 15) is 9.59 Å². The molecule has 0 aromatic carbocycles. The molecule has 23 heavy (non-hydrogen) atoms. The lowest BCUT2D eigenvalue weighted by atomic mass is 9.97. The molecule has 0 spiro atoms. The van der Waals surface area contributed by atoms with Crippen LogP contribution in [-0.2, 0) is 11.2 Å². The van der Waals surface area contributed by atoms with Crippen LogP contribution in [0.15, 0.2) is 12.1 Å². The van der Waals surface area contributed by atoms with Crippen LogP contribution in [0.5, 0.6) is 0 Å². The molecule has 128 valence electrons. The van der Waals surface area contributed by atoms with E-state index >= 15 is 0 Å². The summed E-state index contributed by atoms with van der Waals surface area (Å²) in [4.78, 5) is 29.0. The van der Waals surface area contributed by atoms with Crippen LogP contribution in [0, 0.1) is 5.41 Å². The molecule has 0 atom stereocenters. The third-order valence-electron chi connectivity index (χ3n) is 3.64. The molecule has 7 heteroatoms. The molecule has 1 aromatic rings. The zero-order valence-electron chi connectivity index (χ0n) is 13.9. The Morgan fingerprint density at radius 1 is 1.17 bits per heavy atom. The number of hydrogen-bond acceptors (Lipinski definition) is 3. The molecule has 0 aliphatic carbocycles. The number of piperazine rings is 1. The Labute approximate surface area is 146 Å². The summed E-state index contributed by atoms with van der Waals surface area (Å²) in [6.07, 6.45) is 0.383. The zero-order valence-corrected chi connectivity index (χ0v) is 15.5.